The average Bonchev–Trinajstić information content (AvgIpc) is 2.33. The normalized spacial score (nSPS) is 35.5. The molecule has 0 unspecified atom stereocenters. The maximum Gasteiger partial charge on any atom is 0.307 e. The van der Waals surface area contributed by atoms with Gasteiger partial charge in [-0.25, -0.2) is 0 Å². The standard InChI is InChI=1S/C7H13NO2/c1-7(2)4(3-8)5(7)6(9)10/h4-5H,3,8H2,1-2H3,(H,9,10)/t4-,5-/m1/s1. The maximum absolute atomic E-state index is 10.5. The van der Waals surface area contributed by atoms with E-state index in [9.17, 15) is 4.79 Å². The molecule has 10 heavy (non-hydrogen) atoms. The molecular weight excluding hydrogens is 130 g/mol. The van der Waals surface area contributed by atoms with Gasteiger partial charge in [0.25, 0.3) is 0 Å². The van der Waals surface area contributed by atoms with Gasteiger partial charge in [-0.15, -0.1) is 0 Å². The molecule has 1 fully saturated rings. The van der Waals surface area contributed by atoms with E-state index in [1.807, 2.05) is 13.8 Å². The molecule has 2 atom stereocenters. The van der Waals surface area contributed by atoms with E-state index in [1.165, 1.54) is 0 Å². The molecule has 0 aromatic carbocycles. The van der Waals surface area contributed by atoms with Gasteiger partial charge < -0.3 is 10.8 Å². The van der Waals surface area contributed by atoms with Crippen LogP contribution in [-0.2, 0) is 4.79 Å². The summed E-state index contributed by atoms with van der Waals surface area (Å²) < 4.78 is 0. The second kappa shape index (κ2) is 1.95. The van der Waals surface area contributed by atoms with E-state index in [0.717, 1.165) is 0 Å². The van der Waals surface area contributed by atoms with Gasteiger partial charge in [-0.05, 0) is 17.9 Å². The molecule has 0 aromatic rings. The Balaban J connectivity index is 2.61. The number of nitrogens with two attached hydrogens (primary N) is 1. The second-order valence-electron chi connectivity index (χ2n) is 3.48. The van der Waals surface area contributed by atoms with E-state index in [2.05, 4.69) is 0 Å². The zero-order chi connectivity index (χ0) is 7.94. The lowest BCUT2D eigenvalue weighted by Gasteiger charge is -1.96. The highest BCUT2D eigenvalue weighted by atomic mass is 16.4. The molecule has 1 rings (SSSR count). The van der Waals surface area contributed by atoms with Crippen LogP contribution in [0.4, 0.5) is 0 Å². The minimum atomic E-state index is -0.708. The Bertz CT molecular complexity index is 165. The molecule has 0 saturated heterocycles. The molecule has 0 radical (unpaired) electrons. The molecule has 0 aliphatic heterocycles. The molecule has 3 nitrogen and oxygen atoms in total. The molecule has 0 heterocycles. The topological polar surface area (TPSA) is 63.3 Å². The van der Waals surface area contributed by atoms with Gasteiger partial charge in [0.05, 0.1) is 5.92 Å². The number of carbonyl (C=O) groups is 1. The first-order chi connectivity index (χ1) is 4.51. The fraction of sp³-hybridized carbons (Fsp3) is 0.857. The van der Waals surface area contributed by atoms with Crippen molar-refractivity contribution in [2.45, 2.75) is 13.8 Å². The lowest BCUT2D eigenvalue weighted by molar-refractivity contribution is -0.139. The quantitative estimate of drug-likeness (QED) is 0.584. The Morgan fingerprint density at radius 3 is 2.30 bits per heavy atom. The monoisotopic (exact) mass is 143 g/mol. The summed E-state index contributed by atoms with van der Waals surface area (Å²) in [4.78, 5) is 10.5. The maximum atomic E-state index is 10.5. The van der Waals surface area contributed by atoms with Crippen molar-refractivity contribution in [2.24, 2.45) is 23.0 Å². The minimum absolute atomic E-state index is 0.0689. The average molecular weight is 143 g/mol. The van der Waals surface area contributed by atoms with Crippen LogP contribution < -0.4 is 5.73 Å². The van der Waals surface area contributed by atoms with Crippen molar-refractivity contribution in [3.63, 3.8) is 0 Å². The summed E-state index contributed by atoms with van der Waals surface area (Å²) in [6.07, 6.45) is 0. The van der Waals surface area contributed by atoms with Crippen molar-refractivity contribution in [1.29, 1.82) is 0 Å². The first-order valence-corrected chi connectivity index (χ1v) is 3.44. The van der Waals surface area contributed by atoms with Crippen molar-refractivity contribution in [3.8, 4) is 0 Å². The molecule has 1 saturated carbocycles. The Hall–Kier alpha value is -0.570. The zero-order valence-electron chi connectivity index (χ0n) is 6.29. The molecule has 3 heteroatoms. The second-order valence-corrected chi connectivity index (χ2v) is 3.48. The van der Waals surface area contributed by atoms with Crippen LogP contribution in [0.15, 0.2) is 0 Å². The van der Waals surface area contributed by atoms with Crippen LogP contribution >= 0.6 is 0 Å². The number of rotatable bonds is 2. The van der Waals surface area contributed by atoms with Crippen LogP contribution in [-0.4, -0.2) is 17.6 Å². The summed E-state index contributed by atoms with van der Waals surface area (Å²) in [7, 11) is 0. The Morgan fingerprint density at radius 2 is 2.20 bits per heavy atom. The van der Waals surface area contributed by atoms with Crippen molar-refractivity contribution in [3.05, 3.63) is 0 Å². The van der Waals surface area contributed by atoms with E-state index in [4.69, 9.17) is 10.8 Å². The predicted molar refractivity (Wildman–Crippen MR) is 37.5 cm³/mol. The minimum Gasteiger partial charge on any atom is -0.481 e. The molecule has 1 aliphatic rings. The summed E-state index contributed by atoms with van der Waals surface area (Å²) in [5, 5.41) is 8.63. The van der Waals surface area contributed by atoms with Gasteiger partial charge in [0.15, 0.2) is 0 Å². The molecular formula is C7H13NO2. The predicted octanol–water partition coefficient (Wildman–Crippen LogP) is 0.302. The SMILES string of the molecule is CC1(C)[C@H](CN)[C@@H]1C(=O)O. The highest BCUT2D eigenvalue weighted by molar-refractivity contribution is 5.75. The lowest BCUT2D eigenvalue weighted by Crippen LogP contribution is -2.07. The first kappa shape index (κ1) is 7.54. The number of hydrogen-bond acceptors (Lipinski definition) is 2. The van der Waals surface area contributed by atoms with Crippen LogP contribution in [0.1, 0.15) is 13.8 Å². The summed E-state index contributed by atoms with van der Waals surface area (Å²) in [6.45, 7) is 4.39. The van der Waals surface area contributed by atoms with E-state index in [-0.39, 0.29) is 17.3 Å². The van der Waals surface area contributed by atoms with E-state index in [1.54, 1.807) is 0 Å². The fourth-order valence-corrected chi connectivity index (χ4v) is 1.67. The highest BCUT2D eigenvalue weighted by Crippen LogP contribution is 2.57. The van der Waals surface area contributed by atoms with Gasteiger partial charge in [-0.2, -0.15) is 0 Å². The smallest absolute Gasteiger partial charge is 0.307 e. The fourth-order valence-electron chi connectivity index (χ4n) is 1.67. The number of aliphatic carboxylic acids is 1. The van der Waals surface area contributed by atoms with Gasteiger partial charge in [0.1, 0.15) is 0 Å². The molecule has 0 amide bonds. The van der Waals surface area contributed by atoms with E-state index < -0.39 is 5.97 Å². The summed E-state index contributed by atoms with van der Waals surface area (Å²) in [5.74, 6) is -0.733. The van der Waals surface area contributed by atoms with Crippen molar-refractivity contribution >= 4 is 5.97 Å². The molecule has 0 bridgehead atoms. The molecule has 0 aromatic heterocycles. The largest absolute Gasteiger partial charge is 0.481 e. The zero-order valence-corrected chi connectivity index (χ0v) is 6.29. The third kappa shape index (κ3) is 0.814. The van der Waals surface area contributed by atoms with E-state index >= 15 is 0 Å². The van der Waals surface area contributed by atoms with Gasteiger partial charge in [0.2, 0.25) is 0 Å². The summed E-state index contributed by atoms with van der Waals surface area (Å²) in [6, 6.07) is 0. The third-order valence-corrected chi connectivity index (χ3v) is 2.57. The van der Waals surface area contributed by atoms with Gasteiger partial charge >= 0.3 is 5.97 Å². The number of carboxylic acids is 1. The van der Waals surface area contributed by atoms with Crippen molar-refractivity contribution in [2.75, 3.05) is 6.54 Å². The highest BCUT2D eigenvalue weighted by Gasteiger charge is 2.61. The molecule has 3 N–H and O–H groups in total. The Labute approximate surface area is 60.2 Å². The van der Waals surface area contributed by atoms with Crippen LogP contribution in [0, 0.1) is 17.3 Å². The molecule has 0 spiro atoms. The van der Waals surface area contributed by atoms with Crippen molar-refractivity contribution in [1.82, 2.24) is 0 Å². The molecule has 1 aliphatic carbocycles. The van der Waals surface area contributed by atoms with Gasteiger partial charge in [-0.3, -0.25) is 4.79 Å². The van der Waals surface area contributed by atoms with Gasteiger partial charge in [-0.1, -0.05) is 13.8 Å². The Morgan fingerprint density at radius 1 is 1.70 bits per heavy atom. The lowest BCUT2D eigenvalue weighted by atomic mass is 10.1. The van der Waals surface area contributed by atoms with Crippen LogP contribution in [0.5, 0.6) is 0 Å². The first-order valence-electron chi connectivity index (χ1n) is 3.44. The van der Waals surface area contributed by atoms with E-state index in [0.29, 0.717) is 6.54 Å². The van der Waals surface area contributed by atoms with Crippen LogP contribution in [0.25, 0.3) is 0 Å². The van der Waals surface area contributed by atoms with Crippen LogP contribution in [0.3, 0.4) is 0 Å². The van der Waals surface area contributed by atoms with Crippen LogP contribution in [0.2, 0.25) is 0 Å². The number of hydrogen-bond donors (Lipinski definition) is 2. The van der Waals surface area contributed by atoms with Gasteiger partial charge in [0, 0.05) is 0 Å². The third-order valence-electron chi connectivity index (χ3n) is 2.57. The molecule has 58 valence electrons. The number of carboxylic acid groups (broad SMARTS) is 1. The summed E-state index contributed by atoms with van der Waals surface area (Å²) >= 11 is 0. The Kier molecular flexibility index (Phi) is 1.47. The summed E-state index contributed by atoms with van der Waals surface area (Å²) in [5.41, 5.74) is 5.31. The van der Waals surface area contributed by atoms with Crippen molar-refractivity contribution < 1.29 is 9.90 Å².